The van der Waals surface area contributed by atoms with Gasteiger partial charge in [0.15, 0.2) is 0 Å². The fourth-order valence-corrected chi connectivity index (χ4v) is 2.80. The van der Waals surface area contributed by atoms with Gasteiger partial charge < -0.3 is 19.9 Å². The van der Waals surface area contributed by atoms with Crippen LogP contribution in [0.4, 0.5) is 0 Å². The zero-order chi connectivity index (χ0) is 20.0. The zero-order valence-electron chi connectivity index (χ0n) is 16.0. The number of amides is 2. The van der Waals surface area contributed by atoms with Crippen LogP contribution in [-0.2, 0) is 16.1 Å². The van der Waals surface area contributed by atoms with E-state index in [1.807, 2.05) is 20.8 Å². The van der Waals surface area contributed by atoms with Gasteiger partial charge in [-0.05, 0) is 39.7 Å². The van der Waals surface area contributed by atoms with Crippen molar-refractivity contribution in [3.63, 3.8) is 0 Å². The molecule has 26 heavy (non-hydrogen) atoms. The lowest BCUT2D eigenvalue weighted by atomic mass is 10.1. The molecule has 0 aromatic carbocycles. The normalized spacial score (nSPS) is 10.7. The molecule has 144 valence electrons. The van der Waals surface area contributed by atoms with E-state index in [4.69, 9.17) is 5.11 Å². The molecule has 0 fully saturated rings. The number of aryl methyl sites for hydroxylation is 1. The Hall–Kier alpha value is -2.64. The fourth-order valence-electron chi connectivity index (χ4n) is 2.80. The third-order valence-electron chi connectivity index (χ3n) is 3.84. The summed E-state index contributed by atoms with van der Waals surface area (Å²) in [6.45, 7) is 8.36. The monoisotopic (exact) mass is 365 g/mol. The summed E-state index contributed by atoms with van der Waals surface area (Å²) in [7, 11) is 0. The van der Waals surface area contributed by atoms with Crippen molar-refractivity contribution in [3.8, 4) is 0 Å². The third kappa shape index (κ3) is 5.44. The third-order valence-corrected chi connectivity index (χ3v) is 3.84. The van der Waals surface area contributed by atoms with Gasteiger partial charge in [-0.3, -0.25) is 19.2 Å². The van der Waals surface area contributed by atoms with E-state index < -0.39 is 18.4 Å². The first-order chi connectivity index (χ1) is 12.1. The van der Waals surface area contributed by atoms with Crippen molar-refractivity contribution in [3.05, 3.63) is 33.2 Å². The first-order valence-corrected chi connectivity index (χ1v) is 8.59. The van der Waals surface area contributed by atoms with E-state index in [1.54, 1.807) is 13.8 Å². The number of nitrogens with zero attached hydrogens (tertiary/aromatic N) is 2. The van der Waals surface area contributed by atoms with Crippen LogP contribution in [0.2, 0.25) is 0 Å². The molecule has 0 atom stereocenters. The molecule has 1 aromatic heterocycles. The molecule has 8 nitrogen and oxygen atoms in total. The summed E-state index contributed by atoms with van der Waals surface area (Å²) in [5.74, 6) is -1.89. The van der Waals surface area contributed by atoms with Gasteiger partial charge in [0, 0.05) is 24.3 Å². The van der Waals surface area contributed by atoms with Crippen molar-refractivity contribution in [1.29, 1.82) is 0 Å². The van der Waals surface area contributed by atoms with Crippen molar-refractivity contribution >= 4 is 17.8 Å². The number of carboxylic acids is 1. The SMILES string of the molecule is CCCN(CC(=O)O)C(=O)c1c(C)cc(=O)n(CC(=O)NC(C)C)c1C. The smallest absolute Gasteiger partial charge is 0.323 e. The van der Waals surface area contributed by atoms with E-state index in [0.29, 0.717) is 17.7 Å². The lowest BCUT2D eigenvalue weighted by molar-refractivity contribution is -0.137. The summed E-state index contributed by atoms with van der Waals surface area (Å²) < 4.78 is 1.24. The zero-order valence-corrected chi connectivity index (χ0v) is 16.0. The van der Waals surface area contributed by atoms with Crippen LogP contribution in [0.1, 0.15) is 48.8 Å². The topological polar surface area (TPSA) is 109 Å². The van der Waals surface area contributed by atoms with Gasteiger partial charge in [-0.1, -0.05) is 6.92 Å². The van der Waals surface area contributed by atoms with Gasteiger partial charge in [-0.15, -0.1) is 0 Å². The molecule has 1 rings (SSSR count). The maximum Gasteiger partial charge on any atom is 0.323 e. The van der Waals surface area contributed by atoms with Gasteiger partial charge in [-0.25, -0.2) is 0 Å². The van der Waals surface area contributed by atoms with E-state index in [9.17, 15) is 19.2 Å². The van der Waals surface area contributed by atoms with Crippen molar-refractivity contribution < 1.29 is 19.5 Å². The predicted octanol–water partition coefficient (Wildman–Crippen LogP) is 0.927. The van der Waals surface area contributed by atoms with Crippen LogP contribution in [0.5, 0.6) is 0 Å². The maximum absolute atomic E-state index is 12.9. The van der Waals surface area contributed by atoms with E-state index >= 15 is 0 Å². The summed E-state index contributed by atoms with van der Waals surface area (Å²) in [5.41, 5.74) is 0.697. The quantitative estimate of drug-likeness (QED) is 0.712. The number of hydrogen-bond donors (Lipinski definition) is 2. The van der Waals surface area contributed by atoms with Gasteiger partial charge in [0.25, 0.3) is 11.5 Å². The predicted molar refractivity (Wildman–Crippen MR) is 97.3 cm³/mol. The molecular weight excluding hydrogens is 338 g/mol. The molecule has 0 unspecified atom stereocenters. The molecule has 8 heteroatoms. The summed E-state index contributed by atoms with van der Waals surface area (Å²) in [6.07, 6.45) is 0.605. The first-order valence-electron chi connectivity index (χ1n) is 8.59. The Balaban J connectivity index is 3.32. The highest BCUT2D eigenvalue weighted by molar-refractivity contribution is 5.98. The Morgan fingerprint density at radius 1 is 1.27 bits per heavy atom. The molecule has 0 bridgehead atoms. The Bertz CT molecular complexity index is 752. The Morgan fingerprint density at radius 3 is 2.38 bits per heavy atom. The first kappa shape index (κ1) is 21.4. The molecule has 0 aliphatic rings. The number of nitrogens with one attached hydrogen (secondary N) is 1. The largest absolute Gasteiger partial charge is 0.480 e. The number of hydrogen-bond acceptors (Lipinski definition) is 4. The van der Waals surface area contributed by atoms with Crippen LogP contribution in [0.25, 0.3) is 0 Å². The average molecular weight is 365 g/mol. The maximum atomic E-state index is 12.9. The molecule has 0 aliphatic heterocycles. The fraction of sp³-hybridized carbons (Fsp3) is 0.556. The number of carbonyl (C=O) groups is 3. The van der Waals surface area contributed by atoms with Crippen LogP contribution in [0.3, 0.4) is 0 Å². The summed E-state index contributed by atoms with van der Waals surface area (Å²) in [5, 5.41) is 11.8. The van der Waals surface area contributed by atoms with E-state index in [1.165, 1.54) is 15.5 Å². The molecule has 0 spiro atoms. The van der Waals surface area contributed by atoms with Crippen molar-refractivity contribution in [1.82, 2.24) is 14.8 Å². The Morgan fingerprint density at radius 2 is 1.88 bits per heavy atom. The van der Waals surface area contributed by atoms with Crippen LogP contribution in [-0.4, -0.2) is 51.5 Å². The lowest BCUT2D eigenvalue weighted by Crippen LogP contribution is -2.40. The minimum absolute atomic E-state index is 0.0688. The number of rotatable bonds is 8. The van der Waals surface area contributed by atoms with Gasteiger partial charge in [0.2, 0.25) is 5.91 Å². The standard InChI is InChI=1S/C18H27N3O5/c1-6-7-20(10-16(24)25)18(26)17-12(4)8-15(23)21(13(17)5)9-14(22)19-11(2)3/h8,11H,6-7,9-10H2,1-5H3,(H,19,22)(H,24,25). The molecular formula is C18H27N3O5. The van der Waals surface area contributed by atoms with Crippen LogP contribution in [0.15, 0.2) is 10.9 Å². The second-order valence-corrected chi connectivity index (χ2v) is 6.55. The summed E-state index contributed by atoms with van der Waals surface area (Å²) in [4.78, 5) is 49.5. The number of aromatic nitrogens is 1. The van der Waals surface area contributed by atoms with Gasteiger partial charge >= 0.3 is 5.97 Å². The van der Waals surface area contributed by atoms with Crippen molar-refractivity contribution in [2.75, 3.05) is 13.1 Å². The number of aliphatic carboxylic acids is 1. The molecule has 2 amide bonds. The second-order valence-electron chi connectivity index (χ2n) is 6.55. The van der Waals surface area contributed by atoms with Crippen molar-refractivity contribution in [2.45, 2.75) is 53.6 Å². The molecule has 0 saturated heterocycles. The number of carbonyl (C=O) groups excluding carboxylic acids is 2. The molecule has 0 saturated carbocycles. The van der Waals surface area contributed by atoms with Gasteiger partial charge in [0.05, 0.1) is 5.56 Å². The Kier molecular flexibility index (Phi) is 7.55. The second kappa shape index (κ2) is 9.17. The van der Waals surface area contributed by atoms with Crippen molar-refractivity contribution in [2.24, 2.45) is 0 Å². The summed E-state index contributed by atoms with van der Waals surface area (Å²) in [6, 6.07) is 1.23. The van der Waals surface area contributed by atoms with Crippen LogP contribution in [0, 0.1) is 13.8 Å². The van der Waals surface area contributed by atoms with Crippen LogP contribution < -0.4 is 10.9 Å². The van der Waals surface area contributed by atoms with Gasteiger partial charge in [-0.2, -0.15) is 0 Å². The minimum Gasteiger partial charge on any atom is -0.480 e. The highest BCUT2D eigenvalue weighted by Crippen LogP contribution is 2.15. The lowest BCUT2D eigenvalue weighted by Gasteiger charge is -2.23. The molecule has 1 heterocycles. The molecule has 2 N–H and O–H groups in total. The highest BCUT2D eigenvalue weighted by Gasteiger charge is 2.24. The summed E-state index contributed by atoms with van der Waals surface area (Å²) >= 11 is 0. The van der Waals surface area contributed by atoms with Crippen LogP contribution >= 0.6 is 0 Å². The van der Waals surface area contributed by atoms with E-state index in [0.717, 1.165) is 0 Å². The number of pyridine rings is 1. The highest BCUT2D eigenvalue weighted by atomic mass is 16.4. The number of carboxylic acid groups (broad SMARTS) is 1. The Labute approximate surface area is 152 Å². The molecule has 0 radical (unpaired) electrons. The molecule has 1 aromatic rings. The van der Waals surface area contributed by atoms with Gasteiger partial charge in [0.1, 0.15) is 13.1 Å². The van der Waals surface area contributed by atoms with E-state index in [-0.39, 0.29) is 36.2 Å². The molecule has 0 aliphatic carbocycles. The minimum atomic E-state index is -1.10. The average Bonchev–Trinajstić information content (AvgIpc) is 2.49. The van der Waals surface area contributed by atoms with E-state index in [2.05, 4.69) is 5.32 Å².